The summed E-state index contributed by atoms with van der Waals surface area (Å²) in [5.41, 5.74) is -0.465. The van der Waals surface area contributed by atoms with Gasteiger partial charge in [0, 0.05) is 25.1 Å². The average Bonchev–Trinajstić information content (AvgIpc) is 2.86. The number of hydrogen-bond acceptors (Lipinski definition) is 5. The number of amides is 1. The molecular weight excluding hydrogens is 294 g/mol. The van der Waals surface area contributed by atoms with Crippen LogP contribution >= 0.6 is 0 Å². The van der Waals surface area contributed by atoms with Crippen molar-refractivity contribution in [3.63, 3.8) is 0 Å². The third-order valence-corrected chi connectivity index (χ3v) is 5.12. The molecule has 0 aromatic heterocycles. The summed E-state index contributed by atoms with van der Waals surface area (Å²) in [4.78, 5) is 14.5. The fourth-order valence-electron chi connectivity index (χ4n) is 4.09. The third kappa shape index (κ3) is 3.98. The van der Waals surface area contributed by atoms with Crippen molar-refractivity contribution in [3.8, 4) is 0 Å². The van der Waals surface area contributed by atoms with Gasteiger partial charge in [0.25, 0.3) is 0 Å². The van der Waals surface area contributed by atoms with Gasteiger partial charge in [0.05, 0.1) is 18.2 Å². The van der Waals surface area contributed by atoms with Gasteiger partial charge in [-0.1, -0.05) is 0 Å². The summed E-state index contributed by atoms with van der Waals surface area (Å²) < 4.78 is 11.4. The predicted molar refractivity (Wildman–Crippen MR) is 88.4 cm³/mol. The Hall–Kier alpha value is -0.850. The second-order valence-corrected chi connectivity index (χ2v) is 8.25. The van der Waals surface area contributed by atoms with E-state index in [1.165, 1.54) is 0 Å². The van der Waals surface area contributed by atoms with Crippen molar-refractivity contribution in [2.24, 2.45) is 5.92 Å². The number of likely N-dealkylation sites (tertiary alicyclic amines) is 1. The molecule has 132 valence electrons. The summed E-state index contributed by atoms with van der Waals surface area (Å²) >= 11 is 0. The van der Waals surface area contributed by atoms with Crippen molar-refractivity contribution in [2.75, 3.05) is 26.7 Å². The molecule has 2 N–H and O–H groups in total. The van der Waals surface area contributed by atoms with E-state index in [1.54, 1.807) is 0 Å². The van der Waals surface area contributed by atoms with E-state index < -0.39 is 5.60 Å². The van der Waals surface area contributed by atoms with Crippen LogP contribution in [0.3, 0.4) is 0 Å². The van der Waals surface area contributed by atoms with E-state index in [9.17, 15) is 4.79 Å². The minimum Gasteiger partial charge on any atom is -0.444 e. The van der Waals surface area contributed by atoms with Crippen LogP contribution in [0.25, 0.3) is 0 Å². The molecule has 2 heterocycles. The Labute approximate surface area is 139 Å². The molecule has 3 fully saturated rings. The lowest BCUT2D eigenvalue weighted by molar-refractivity contribution is -0.130. The predicted octanol–water partition coefficient (Wildman–Crippen LogP) is 1.35. The van der Waals surface area contributed by atoms with Crippen molar-refractivity contribution in [1.82, 2.24) is 15.5 Å². The highest BCUT2D eigenvalue weighted by atomic mass is 16.6. The third-order valence-electron chi connectivity index (χ3n) is 5.12. The van der Waals surface area contributed by atoms with E-state index in [1.807, 2.05) is 20.8 Å². The van der Waals surface area contributed by atoms with E-state index in [4.69, 9.17) is 9.47 Å². The van der Waals surface area contributed by atoms with Gasteiger partial charge in [-0.15, -0.1) is 0 Å². The molecule has 6 nitrogen and oxygen atoms in total. The smallest absolute Gasteiger partial charge is 0.407 e. The quantitative estimate of drug-likeness (QED) is 0.820. The van der Waals surface area contributed by atoms with Crippen LogP contribution in [0.15, 0.2) is 0 Å². The maximum Gasteiger partial charge on any atom is 0.407 e. The normalized spacial score (nSPS) is 37.8. The highest BCUT2D eigenvalue weighted by molar-refractivity contribution is 5.68. The Morgan fingerprint density at radius 1 is 1.26 bits per heavy atom. The lowest BCUT2D eigenvalue weighted by Gasteiger charge is -2.54. The number of hydrogen-bond donors (Lipinski definition) is 2. The molecule has 0 bridgehead atoms. The fraction of sp³-hybridized carbons (Fsp3) is 0.941. The summed E-state index contributed by atoms with van der Waals surface area (Å²) in [6, 6.07) is 0.796. The number of carbonyl (C=O) groups is 1. The first-order chi connectivity index (χ1) is 10.8. The topological polar surface area (TPSA) is 62.8 Å². The summed E-state index contributed by atoms with van der Waals surface area (Å²) in [5, 5.41) is 6.82. The van der Waals surface area contributed by atoms with Crippen LogP contribution in [0.2, 0.25) is 0 Å². The van der Waals surface area contributed by atoms with Crippen LogP contribution in [-0.2, 0) is 9.47 Å². The van der Waals surface area contributed by atoms with Gasteiger partial charge in [-0.2, -0.15) is 0 Å². The molecule has 5 unspecified atom stereocenters. The van der Waals surface area contributed by atoms with Gasteiger partial charge < -0.3 is 25.0 Å². The number of alkyl carbamates (subject to hydrolysis) is 1. The van der Waals surface area contributed by atoms with Gasteiger partial charge in [0.15, 0.2) is 0 Å². The molecule has 23 heavy (non-hydrogen) atoms. The van der Waals surface area contributed by atoms with Gasteiger partial charge in [-0.25, -0.2) is 4.79 Å². The van der Waals surface area contributed by atoms with E-state index in [0.717, 1.165) is 39.0 Å². The lowest BCUT2D eigenvalue weighted by Crippen LogP contribution is -2.74. The Balaban J connectivity index is 1.59. The Kier molecular flexibility index (Phi) is 4.85. The molecule has 3 aliphatic rings. The first-order valence-electron chi connectivity index (χ1n) is 8.89. The molecule has 3 rings (SSSR count). The zero-order chi connectivity index (χ0) is 16.6. The van der Waals surface area contributed by atoms with Crippen molar-refractivity contribution >= 4 is 6.09 Å². The Morgan fingerprint density at radius 2 is 2.04 bits per heavy atom. The molecule has 6 heteroatoms. The van der Waals surface area contributed by atoms with Gasteiger partial charge in [0.2, 0.25) is 0 Å². The maximum atomic E-state index is 12.2. The molecular formula is C17H31N3O3. The van der Waals surface area contributed by atoms with Crippen LogP contribution in [-0.4, -0.2) is 67.6 Å². The van der Waals surface area contributed by atoms with Crippen LogP contribution in [0.1, 0.15) is 40.0 Å². The molecule has 2 aliphatic heterocycles. The summed E-state index contributed by atoms with van der Waals surface area (Å²) in [5.74, 6) is 0.410. The number of rotatable bonds is 3. The van der Waals surface area contributed by atoms with Crippen LogP contribution in [0.5, 0.6) is 0 Å². The van der Waals surface area contributed by atoms with E-state index >= 15 is 0 Å². The zero-order valence-electron chi connectivity index (χ0n) is 14.8. The number of fused-ring (bicyclic) bond motifs is 1. The number of ether oxygens (including phenoxy) is 2. The van der Waals surface area contributed by atoms with Crippen molar-refractivity contribution in [2.45, 2.75) is 69.9 Å². The zero-order valence-corrected chi connectivity index (χ0v) is 14.8. The first kappa shape index (κ1) is 17.0. The van der Waals surface area contributed by atoms with E-state index in [-0.39, 0.29) is 24.3 Å². The van der Waals surface area contributed by atoms with Crippen molar-refractivity contribution in [3.05, 3.63) is 0 Å². The molecule has 1 aliphatic carbocycles. The Bertz CT molecular complexity index is 437. The molecule has 0 radical (unpaired) electrons. The lowest BCUT2D eigenvalue weighted by atomic mass is 9.68. The average molecular weight is 325 g/mol. The summed E-state index contributed by atoms with van der Waals surface area (Å²) in [6.07, 6.45) is 3.26. The van der Waals surface area contributed by atoms with Crippen LogP contribution in [0.4, 0.5) is 4.79 Å². The van der Waals surface area contributed by atoms with E-state index in [2.05, 4.69) is 22.6 Å². The first-order valence-corrected chi connectivity index (χ1v) is 8.89. The number of nitrogens with one attached hydrogen (secondary N) is 2. The maximum absolute atomic E-state index is 12.2. The Morgan fingerprint density at radius 3 is 2.70 bits per heavy atom. The van der Waals surface area contributed by atoms with Crippen LogP contribution in [0, 0.1) is 5.92 Å². The molecule has 0 spiro atoms. The monoisotopic (exact) mass is 325 g/mol. The summed E-state index contributed by atoms with van der Waals surface area (Å²) in [6.45, 7) is 8.71. The molecule has 5 atom stereocenters. The summed E-state index contributed by atoms with van der Waals surface area (Å²) in [7, 11) is 2.15. The van der Waals surface area contributed by atoms with Gasteiger partial charge in [0.1, 0.15) is 5.60 Å². The number of likely N-dealkylation sites (N-methyl/N-ethyl adjacent to an activating group) is 1. The molecule has 1 amide bonds. The van der Waals surface area contributed by atoms with Gasteiger partial charge in [-0.3, -0.25) is 0 Å². The SMILES string of the molecule is CN1CCC(NC2C(NC(=O)OC(C)(C)C)C3CCCOC32)C1. The minimum absolute atomic E-state index is 0.112. The van der Waals surface area contributed by atoms with Crippen molar-refractivity contribution in [1.29, 1.82) is 0 Å². The standard InChI is InChI=1S/C17H31N3O3/c1-17(2,3)23-16(21)19-13-12-6-5-9-22-15(12)14(13)18-11-7-8-20(4)10-11/h11-15,18H,5-10H2,1-4H3,(H,19,21). The highest BCUT2D eigenvalue weighted by Gasteiger charge is 2.53. The second-order valence-electron chi connectivity index (χ2n) is 8.25. The molecule has 0 aromatic rings. The highest BCUT2D eigenvalue weighted by Crippen LogP contribution is 2.39. The number of carbonyl (C=O) groups excluding carboxylic acids is 1. The van der Waals surface area contributed by atoms with E-state index in [0.29, 0.717) is 12.0 Å². The van der Waals surface area contributed by atoms with Crippen LogP contribution < -0.4 is 10.6 Å². The second kappa shape index (κ2) is 6.57. The van der Waals surface area contributed by atoms with Gasteiger partial charge in [-0.05, 0) is 53.6 Å². The molecule has 0 aromatic carbocycles. The molecule has 1 saturated carbocycles. The number of nitrogens with zero attached hydrogens (tertiary/aromatic N) is 1. The minimum atomic E-state index is -0.465. The van der Waals surface area contributed by atoms with Crippen molar-refractivity contribution < 1.29 is 14.3 Å². The van der Waals surface area contributed by atoms with Gasteiger partial charge >= 0.3 is 6.09 Å². The fourth-order valence-corrected chi connectivity index (χ4v) is 4.09. The largest absolute Gasteiger partial charge is 0.444 e. The molecule has 2 saturated heterocycles.